The van der Waals surface area contributed by atoms with E-state index in [0.29, 0.717) is 12.8 Å². The van der Waals surface area contributed by atoms with Crippen LogP contribution in [0.1, 0.15) is 33.1 Å². The maximum absolute atomic E-state index is 11.7. The summed E-state index contributed by atoms with van der Waals surface area (Å²) >= 11 is 0. The SMILES string of the molecule is CCC(C)NCC(=O)NC1CCC(=O)N(C)C1=O. The number of hydrogen-bond acceptors (Lipinski definition) is 4. The summed E-state index contributed by atoms with van der Waals surface area (Å²) in [4.78, 5) is 35.7. The molecule has 1 heterocycles. The van der Waals surface area contributed by atoms with Crippen LogP contribution < -0.4 is 10.6 Å². The number of hydrogen-bond donors (Lipinski definition) is 2. The summed E-state index contributed by atoms with van der Waals surface area (Å²) in [7, 11) is 1.44. The number of rotatable bonds is 5. The Morgan fingerprint density at radius 1 is 1.50 bits per heavy atom. The van der Waals surface area contributed by atoms with Gasteiger partial charge in [0.25, 0.3) is 5.91 Å². The van der Waals surface area contributed by atoms with Crippen molar-refractivity contribution in [3.63, 3.8) is 0 Å². The number of likely N-dealkylation sites (N-methyl/N-ethyl adjacent to an activating group) is 1. The van der Waals surface area contributed by atoms with E-state index in [9.17, 15) is 14.4 Å². The maximum atomic E-state index is 11.7. The quantitative estimate of drug-likeness (QED) is 0.658. The van der Waals surface area contributed by atoms with Crippen LogP contribution in [0.2, 0.25) is 0 Å². The number of nitrogens with zero attached hydrogens (tertiary/aromatic N) is 1. The molecule has 0 aliphatic carbocycles. The maximum Gasteiger partial charge on any atom is 0.251 e. The summed E-state index contributed by atoms with van der Waals surface area (Å²) < 4.78 is 0. The van der Waals surface area contributed by atoms with E-state index in [1.165, 1.54) is 7.05 Å². The van der Waals surface area contributed by atoms with Gasteiger partial charge in [-0.2, -0.15) is 0 Å². The topological polar surface area (TPSA) is 78.5 Å². The Labute approximate surface area is 107 Å². The zero-order chi connectivity index (χ0) is 13.7. The van der Waals surface area contributed by atoms with E-state index < -0.39 is 6.04 Å². The van der Waals surface area contributed by atoms with Crippen molar-refractivity contribution in [1.29, 1.82) is 0 Å². The first-order valence-corrected chi connectivity index (χ1v) is 6.28. The number of amides is 3. The van der Waals surface area contributed by atoms with Crippen LogP contribution in [0.3, 0.4) is 0 Å². The molecule has 18 heavy (non-hydrogen) atoms. The van der Waals surface area contributed by atoms with Crippen molar-refractivity contribution in [2.24, 2.45) is 0 Å². The first-order chi connectivity index (χ1) is 8.45. The second-order valence-electron chi connectivity index (χ2n) is 4.64. The first-order valence-electron chi connectivity index (χ1n) is 6.28. The highest BCUT2D eigenvalue weighted by atomic mass is 16.2. The monoisotopic (exact) mass is 255 g/mol. The van der Waals surface area contributed by atoms with Gasteiger partial charge in [0.05, 0.1) is 6.54 Å². The Morgan fingerprint density at radius 2 is 2.17 bits per heavy atom. The molecule has 1 aliphatic heterocycles. The van der Waals surface area contributed by atoms with E-state index in [1.54, 1.807) is 0 Å². The average molecular weight is 255 g/mol. The van der Waals surface area contributed by atoms with Gasteiger partial charge in [0, 0.05) is 19.5 Å². The van der Waals surface area contributed by atoms with Crippen molar-refractivity contribution in [1.82, 2.24) is 15.5 Å². The van der Waals surface area contributed by atoms with Crippen LogP contribution in [0.15, 0.2) is 0 Å². The Balaban J connectivity index is 2.40. The number of nitrogens with one attached hydrogen (secondary N) is 2. The van der Waals surface area contributed by atoms with Crippen LogP contribution in [-0.4, -0.2) is 48.3 Å². The molecule has 6 nitrogen and oxygen atoms in total. The molecular weight excluding hydrogens is 234 g/mol. The Bertz CT molecular complexity index is 343. The molecule has 3 amide bonds. The highest BCUT2D eigenvalue weighted by Gasteiger charge is 2.32. The Morgan fingerprint density at radius 3 is 2.78 bits per heavy atom. The van der Waals surface area contributed by atoms with Crippen LogP contribution >= 0.6 is 0 Å². The summed E-state index contributed by atoms with van der Waals surface area (Å²) in [5.41, 5.74) is 0. The summed E-state index contributed by atoms with van der Waals surface area (Å²) in [5, 5.41) is 5.71. The van der Waals surface area contributed by atoms with Gasteiger partial charge in [0.2, 0.25) is 11.8 Å². The van der Waals surface area contributed by atoms with Crippen LogP contribution in [0.25, 0.3) is 0 Å². The second-order valence-corrected chi connectivity index (χ2v) is 4.64. The Hall–Kier alpha value is -1.43. The standard InChI is InChI=1S/C12H21N3O3/c1-4-8(2)13-7-10(16)14-9-5-6-11(17)15(3)12(9)18/h8-9,13H,4-7H2,1-3H3,(H,14,16). The molecule has 0 saturated carbocycles. The minimum atomic E-state index is -0.570. The third-order valence-corrected chi connectivity index (χ3v) is 3.21. The van der Waals surface area contributed by atoms with Crippen molar-refractivity contribution in [2.75, 3.05) is 13.6 Å². The highest BCUT2D eigenvalue weighted by molar-refractivity contribution is 6.01. The van der Waals surface area contributed by atoms with E-state index >= 15 is 0 Å². The van der Waals surface area contributed by atoms with E-state index in [4.69, 9.17) is 0 Å². The molecule has 0 aromatic heterocycles. The number of piperidine rings is 1. The van der Waals surface area contributed by atoms with Crippen LogP contribution in [0, 0.1) is 0 Å². The molecule has 1 aliphatic rings. The van der Waals surface area contributed by atoms with Gasteiger partial charge in [-0.1, -0.05) is 6.92 Å². The van der Waals surface area contributed by atoms with Crippen LogP contribution in [-0.2, 0) is 14.4 Å². The molecule has 102 valence electrons. The molecular formula is C12H21N3O3. The van der Waals surface area contributed by atoms with Gasteiger partial charge in [-0.3, -0.25) is 19.3 Å². The molecule has 6 heteroatoms. The van der Waals surface area contributed by atoms with E-state index in [-0.39, 0.29) is 30.3 Å². The number of carbonyl (C=O) groups excluding carboxylic acids is 3. The van der Waals surface area contributed by atoms with Gasteiger partial charge in [-0.25, -0.2) is 0 Å². The van der Waals surface area contributed by atoms with Crippen LogP contribution in [0.5, 0.6) is 0 Å². The van der Waals surface area contributed by atoms with Crippen molar-refractivity contribution in [3.05, 3.63) is 0 Å². The summed E-state index contributed by atoms with van der Waals surface area (Å²) in [6.07, 6.45) is 1.62. The normalized spacial score (nSPS) is 21.9. The van der Waals surface area contributed by atoms with Crippen molar-refractivity contribution < 1.29 is 14.4 Å². The fourth-order valence-corrected chi connectivity index (χ4v) is 1.71. The molecule has 2 unspecified atom stereocenters. The lowest BCUT2D eigenvalue weighted by Crippen LogP contribution is -2.54. The predicted octanol–water partition coefficient (Wildman–Crippen LogP) is -0.362. The van der Waals surface area contributed by atoms with Gasteiger partial charge in [-0.05, 0) is 19.8 Å². The Kier molecular flexibility index (Phi) is 5.27. The lowest BCUT2D eigenvalue weighted by atomic mass is 10.0. The summed E-state index contributed by atoms with van der Waals surface area (Å²) in [5.74, 6) is -0.734. The molecule has 0 aromatic carbocycles. The molecule has 2 atom stereocenters. The zero-order valence-electron chi connectivity index (χ0n) is 11.2. The van der Waals surface area contributed by atoms with Gasteiger partial charge in [0.1, 0.15) is 6.04 Å². The number of imide groups is 1. The minimum absolute atomic E-state index is 0.191. The molecule has 1 saturated heterocycles. The molecule has 2 N–H and O–H groups in total. The minimum Gasteiger partial charge on any atom is -0.343 e. The summed E-state index contributed by atoms with van der Waals surface area (Å²) in [6.45, 7) is 4.21. The lowest BCUT2D eigenvalue weighted by Gasteiger charge is -2.28. The van der Waals surface area contributed by atoms with Crippen LogP contribution in [0.4, 0.5) is 0 Å². The first kappa shape index (κ1) is 14.6. The fraction of sp³-hybridized carbons (Fsp3) is 0.750. The molecule has 0 aromatic rings. The molecule has 0 bridgehead atoms. The van der Waals surface area contributed by atoms with Gasteiger partial charge >= 0.3 is 0 Å². The molecule has 1 rings (SSSR count). The van der Waals surface area contributed by atoms with Gasteiger partial charge < -0.3 is 10.6 Å². The van der Waals surface area contributed by atoms with Crippen molar-refractivity contribution >= 4 is 17.7 Å². The fourth-order valence-electron chi connectivity index (χ4n) is 1.71. The highest BCUT2D eigenvalue weighted by Crippen LogP contribution is 2.11. The van der Waals surface area contributed by atoms with Crippen molar-refractivity contribution in [3.8, 4) is 0 Å². The van der Waals surface area contributed by atoms with Gasteiger partial charge in [0.15, 0.2) is 0 Å². The predicted molar refractivity (Wildman–Crippen MR) is 66.7 cm³/mol. The largest absolute Gasteiger partial charge is 0.343 e. The average Bonchev–Trinajstić information content (AvgIpc) is 2.36. The molecule has 0 radical (unpaired) electrons. The molecule has 0 spiro atoms. The van der Waals surface area contributed by atoms with E-state index in [2.05, 4.69) is 10.6 Å². The molecule has 1 fully saturated rings. The van der Waals surface area contributed by atoms with Crippen molar-refractivity contribution in [2.45, 2.75) is 45.2 Å². The second kappa shape index (κ2) is 6.49. The number of carbonyl (C=O) groups is 3. The third kappa shape index (κ3) is 3.80. The lowest BCUT2D eigenvalue weighted by molar-refractivity contribution is -0.149. The van der Waals surface area contributed by atoms with E-state index in [1.807, 2.05) is 13.8 Å². The number of likely N-dealkylation sites (tertiary alicyclic amines) is 1. The van der Waals surface area contributed by atoms with Gasteiger partial charge in [-0.15, -0.1) is 0 Å². The summed E-state index contributed by atoms with van der Waals surface area (Å²) in [6, 6.07) is -0.305. The third-order valence-electron chi connectivity index (χ3n) is 3.21. The smallest absolute Gasteiger partial charge is 0.251 e. The van der Waals surface area contributed by atoms with E-state index in [0.717, 1.165) is 11.3 Å². The zero-order valence-corrected chi connectivity index (χ0v) is 11.2.